The minimum absolute atomic E-state index is 0.245. The summed E-state index contributed by atoms with van der Waals surface area (Å²) in [5.41, 5.74) is 0.860. The molecule has 1 N–H and O–H groups in total. The zero-order valence-electron chi connectivity index (χ0n) is 9.38. The van der Waals surface area contributed by atoms with Gasteiger partial charge in [-0.2, -0.15) is 0 Å². The number of hydrogen-bond acceptors (Lipinski definition) is 1. The van der Waals surface area contributed by atoms with Gasteiger partial charge in [-0.1, -0.05) is 15.9 Å². The number of hydrogen-bond donors (Lipinski definition) is 1. The normalized spacial score (nSPS) is 10.3. The Hall–Kier alpha value is -0.720. The summed E-state index contributed by atoms with van der Waals surface area (Å²) in [4.78, 5) is 12.1. The van der Waals surface area contributed by atoms with Crippen LogP contribution in [0.5, 0.6) is 0 Å². The summed E-state index contributed by atoms with van der Waals surface area (Å²) in [7, 11) is 0. The third kappa shape index (κ3) is 3.64. The highest BCUT2D eigenvalue weighted by atomic mass is 79.9. The monoisotopic (exact) mass is 449 g/mol. The quantitative estimate of drug-likeness (QED) is 0.653. The lowest BCUT2D eigenvalue weighted by molar-refractivity contribution is 0.102. The predicted molar refractivity (Wildman–Crippen MR) is 83.9 cm³/mol. The Morgan fingerprint density at radius 3 is 2.42 bits per heavy atom. The highest BCUT2D eigenvalue weighted by Gasteiger charge is 2.12. The topological polar surface area (TPSA) is 29.1 Å². The van der Waals surface area contributed by atoms with Gasteiger partial charge in [0.15, 0.2) is 0 Å². The summed E-state index contributed by atoms with van der Waals surface area (Å²) in [6.45, 7) is 0. The summed E-state index contributed by atoms with van der Waals surface area (Å²) in [5.74, 6) is -0.836. The fourth-order valence-electron chi connectivity index (χ4n) is 1.45. The van der Waals surface area contributed by atoms with Crippen LogP contribution in [-0.2, 0) is 0 Å². The minimum atomic E-state index is -0.455. The first-order chi connectivity index (χ1) is 8.97. The number of halogens is 4. The predicted octanol–water partition coefficient (Wildman–Crippen LogP) is 5.37. The van der Waals surface area contributed by atoms with Gasteiger partial charge in [0.2, 0.25) is 0 Å². The van der Waals surface area contributed by atoms with Crippen molar-refractivity contribution in [2.24, 2.45) is 0 Å². The van der Waals surface area contributed by atoms with E-state index in [1.807, 2.05) is 6.07 Å². The van der Waals surface area contributed by atoms with E-state index in [2.05, 4.69) is 53.1 Å². The van der Waals surface area contributed by atoms with Crippen molar-refractivity contribution in [3.05, 3.63) is 61.2 Å². The molecule has 0 saturated heterocycles. The van der Waals surface area contributed by atoms with Gasteiger partial charge in [0, 0.05) is 13.4 Å². The van der Waals surface area contributed by atoms with Crippen LogP contribution in [0, 0.1) is 5.82 Å². The molecule has 0 spiro atoms. The molecule has 98 valence electrons. The Labute approximate surface area is 134 Å². The largest absolute Gasteiger partial charge is 0.321 e. The average molecular weight is 452 g/mol. The second kappa shape index (κ2) is 6.15. The summed E-state index contributed by atoms with van der Waals surface area (Å²) >= 11 is 9.91. The molecule has 0 aromatic heterocycles. The van der Waals surface area contributed by atoms with Gasteiger partial charge in [-0.15, -0.1) is 0 Å². The van der Waals surface area contributed by atoms with E-state index in [1.165, 1.54) is 18.2 Å². The van der Waals surface area contributed by atoms with Gasteiger partial charge in [0.05, 0.1) is 11.3 Å². The molecule has 0 saturated carbocycles. The van der Waals surface area contributed by atoms with Crippen LogP contribution >= 0.6 is 47.8 Å². The zero-order valence-corrected chi connectivity index (χ0v) is 14.1. The van der Waals surface area contributed by atoms with Gasteiger partial charge in [-0.3, -0.25) is 4.79 Å². The van der Waals surface area contributed by atoms with Gasteiger partial charge < -0.3 is 5.32 Å². The van der Waals surface area contributed by atoms with Crippen LogP contribution in [0.3, 0.4) is 0 Å². The first-order valence-electron chi connectivity index (χ1n) is 5.19. The summed E-state index contributed by atoms with van der Waals surface area (Å²) < 4.78 is 15.3. The maximum absolute atomic E-state index is 13.2. The number of amides is 1. The molecule has 2 nitrogen and oxygen atoms in total. The van der Waals surface area contributed by atoms with Crippen molar-refractivity contribution in [3.8, 4) is 0 Å². The molecule has 0 unspecified atom stereocenters. The number of anilines is 1. The Morgan fingerprint density at radius 1 is 1.00 bits per heavy atom. The van der Waals surface area contributed by atoms with E-state index in [4.69, 9.17) is 0 Å². The van der Waals surface area contributed by atoms with E-state index in [0.717, 1.165) is 8.95 Å². The fraction of sp³-hybridized carbons (Fsp3) is 0. The lowest BCUT2D eigenvalue weighted by atomic mass is 10.2. The Balaban J connectivity index is 2.28. The van der Waals surface area contributed by atoms with Crippen LogP contribution in [0.2, 0.25) is 0 Å². The highest BCUT2D eigenvalue weighted by Crippen LogP contribution is 2.27. The van der Waals surface area contributed by atoms with Crippen LogP contribution in [0.1, 0.15) is 10.4 Å². The van der Waals surface area contributed by atoms with Crippen LogP contribution in [0.25, 0.3) is 0 Å². The van der Waals surface area contributed by atoms with E-state index in [1.54, 1.807) is 12.1 Å². The van der Waals surface area contributed by atoms with Gasteiger partial charge >= 0.3 is 0 Å². The number of rotatable bonds is 2. The molecule has 1 amide bonds. The zero-order chi connectivity index (χ0) is 14.0. The summed E-state index contributed by atoms with van der Waals surface area (Å²) in [5, 5.41) is 2.72. The van der Waals surface area contributed by atoms with Crippen molar-refractivity contribution in [3.63, 3.8) is 0 Å². The highest BCUT2D eigenvalue weighted by molar-refractivity contribution is 9.11. The van der Waals surface area contributed by atoms with Crippen molar-refractivity contribution in [1.82, 2.24) is 0 Å². The molecule has 0 aliphatic rings. The standard InChI is InChI=1S/C13H7Br3FNO/c14-7-1-4-12(11(16)5-7)18-13(19)9-6-8(17)2-3-10(9)15/h1-6H,(H,18,19). The lowest BCUT2D eigenvalue weighted by Gasteiger charge is -2.09. The van der Waals surface area contributed by atoms with Crippen LogP contribution in [0.4, 0.5) is 10.1 Å². The third-order valence-corrected chi connectivity index (χ3v) is 4.19. The summed E-state index contributed by atoms with van der Waals surface area (Å²) in [6, 6.07) is 9.35. The van der Waals surface area contributed by atoms with Gasteiger partial charge in [-0.05, 0) is 68.3 Å². The number of carbonyl (C=O) groups excluding carboxylic acids is 1. The van der Waals surface area contributed by atoms with E-state index in [0.29, 0.717) is 10.2 Å². The average Bonchev–Trinajstić information content (AvgIpc) is 2.35. The molecule has 6 heteroatoms. The van der Waals surface area contributed by atoms with Crippen LogP contribution < -0.4 is 5.32 Å². The molecule has 19 heavy (non-hydrogen) atoms. The first kappa shape index (κ1) is 14.7. The Bertz CT molecular complexity index is 646. The van der Waals surface area contributed by atoms with E-state index >= 15 is 0 Å². The molecule has 2 rings (SSSR count). The van der Waals surface area contributed by atoms with E-state index in [9.17, 15) is 9.18 Å². The fourth-order valence-corrected chi connectivity index (χ4v) is 3.02. The smallest absolute Gasteiger partial charge is 0.256 e. The maximum atomic E-state index is 13.2. The second-order valence-corrected chi connectivity index (χ2v) is 6.33. The van der Waals surface area contributed by atoms with Crippen molar-refractivity contribution in [1.29, 1.82) is 0 Å². The van der Waals surface area contributed by atoms with Gasteiger partial charge in [-0.25, -0.2) is 4.39 Å². The maximum Gasteiger partial charge on any atom is 0.256 e. The molecule has 0 heterocycles. The first-order valence-corrected chi connectivity index (χ1v) is 7.57. The molecule has 2 aromatic rings. The second-order valence-electron chi connectivity index (χ2n) is 3.70. The molecular weight excluding hydrogens is 445 g/mol. The van der Waals surface area contributed by atoms with E-state index in [-0.39, 0.29) is 11.5 Å². The van der Waals surface area contributed by atoms with Crippen LogP contribution in [-0.4, -0.2) is 5.91 Å². The molecule has 0 radical (unpaired) electrons. The lowest BCUT2D eigenvalue weighted by Crippen LogP contribution is -2.13. The SMILES string of the molecule is O=C(Nc1ccc(Br)cc1Br)c1cc(F)ccc1Br. The van der Waals surface area contributed by atoms with Crippen molar-refractivity contribution >= 4 is 59.4 Å². The Morgan fingerprint density at radius 2 is 1.74 bits per heavy atom. The van der Waals surface area contributed by atoms with E-state index < -0.39 is 5.82 Å². The molecule has 0 aliphatic heterocycles. The molecule has 2 aromatic carbocycles. The van der Waals surface area contributed by atoms with Crippen molar-refractivity contribution in [2.75, 3.05) is 5.32 Å². The van der Waals surface area contributed by atoms with Crippen LogP contribution in [0.15, 0.2) is 49.8 Å². The third-order valence-electron chi connectivity index (χ3n) is 2.35. The van der Waals surface area contributed by atoms with Gasteiger partial charge in [0.1, 0.15) is 5.82 Å². The molecule has 0 fully saturated rings. The van der Waals surface area contributed by atoms with Crippen molar-refractivity contribution < 1.29 is 9.18 Å². The Kier molecular flexibility index (Phi) is 4.76. The molecule has 0 bridgehead atoms. The molecule has 0 aliphatic carbocycles. The minimum Gasteiger partial charge on any atom is -0.321 e. The molecular formula is C13H7Br3FNO. The van der Waals surface area contributed by atoms with Crippen molar-refractivity contribution in [2.45, 2.75) is 0 Å². The summed E-state index contributed by atoms with van der Waals surface area (Å²) in [6.07, 6.45) is 0. The van der Waals surface area contributed by atoms with Gasteiger partial charge in [0.25, 0.3) is 5.91 Å². The number of nitrogens with one attached hydrogen (secondary N) is 1. The number of benzene rings is 2. The number of carbonyl (C=O) groups is 1. The molecule has 0 atom stereocenters.